The monoisotopic (exact) mass is 136 g/mol. The van der Waals surface area contributed by atoms with E-state index in [4.69, 9.17) is 0 Å². The molecule has 0 atom stereocenters. The Kier molecular flexibility index (Phi) is 2.05. The molecule has 1 rings (SSSR count). The Morgan fingerprint density at radius 3 is 2.70 bits per heavy atom. The minimum Gasteiger partial charge on any atom is -0.295 e. The molecule has 0 bridgehead atoms. The van der Waals surface area contributed by atoms with Crippen LogP contribution in [0.4, 0.5) is 0 Å². The highest BCUT2D eigenvalue weighted by atomic mass is 16.1. The van der Waals surface area contributed by atoms with Gasteiger partial charge in [0.2, 0.25) is 0 Å². The zero-order valence-corrected chi connectivity index (χ0v) is 6.31. The molecule has 1 aliphatic rings. The molecule has 10 heavy (non-hydrogen) atoms. The Morgan fingerprint density at radius 2 is 2.30 bits per heavy atom. The molecule has 0 saturated carbocycles. The van der Waals surface area contributed by atoms with Gasteiger partial charge in [-0.05, 0) is 25.3 Å². The van der Waals surface area contributed by atoms with Crippen LogP contribution in [0.2, 0.25) is 0 Å². The molecule has 54 valence electrons. The highest BCUT2D eigenvalue weighted by Crippen LogP contribution is 2.24. The molecule has 1 aliphatic carbocycles. The molecule has 0 N–H and O–H groups in total. The van der Waals surface area contributed by atoms with E-state index in [1.165, 1.54) is 5.57 Å². The Hall–Kier alpha value is -0.850. The normalized spacial score (nSPS) is 18.3. The first kappa shape index (κ1) is 7.26. The van der Waals surface area contributed by atoms with Crippen molar-refractivity contribution in [2.45, 2.75) is 26.2 Å². The second-order valence-corrected chi connectivity index (χ2v) is 2.67. The van der Waals surface area contributed by atoms with Gasteiger partial charge in [-0.2, -0.15) is 0 Å². The van der Waals surface area contributed by atoms with E-state index in [1.54, 1.807) is 6.08 Å². The smallest absolute Gasteiger partial charge is 0.159 e. The van der Waals surface area contributed by atoms with Crippen molar-refractivity contribution in [2.75, 3.05) is 0 Å². The quantitative estimate of drug-likeness (QED) is 0.532. The van der Waals surface area contributed by atoms with Gasteiger partial charge in [0.05, 0.1) is 0 Å². The molecule has 0 aromatic carbocycles. The van der Waals surface area contributed by atoms with E-state index in [9.17, 15) is 4.79 Å². The number of Topliss-reactive ketones (excluding diaryl/α,β-unsaturated/α-hetero) is 1. The van der Waals surface area contributed by atoms with Crippen molar-refractivity contribution in [1.29, 1.82) is 0 Å². The minimum atomic E-state index is 0.317. The highest BCUT2D eigenvalue weighted by Gasteiger charge is 2.17. The van der Waals surface area contributed by atoms with E-state index >= 15 is 0 Å². The third-order valence-electron chi connectivity index (χ3n) is 1.93. The van der Waals surface area contributed by atoms with Crippen LogP contribution in [0.15, 0.2) is 23.8 Å². The number of ketones is 1. The summed E-state index contributed by atoms with van der Waals surface area (Å²) >= 11 is 0. The van der Waals surface area contributed by atoms with Crippen molar-refractivity contribution in [1.82, 2.24) is 0 Å². The average Bonchev–Trinajstić information content (AvgIpc) is 2.20. The van der Waals surface area contributed by atoms with Crippen molar-refractivity contribution in [3.05, 3.63) is 23.8 Å². The number of allylic oxidation sites excluding steroid dienone is 3. The molecule has 0 radical (unpaired) electrons. The molecular formula is C9H12O. The van der Waals surface area contributed by atoms with Gasteiger partial charge in [-0.15, -0.1) is 6.58 Å². The lowest BCUT2D eigenvalue weighted by Crippen LogP contribution is -1.93. The fraction of sp³-hybridized carbons (Fsp3) is 0.444. The van der Waals surface area contributed by atoms with Crippen molar-refractivity contribution in [3.63, 3.8) is 0 Å². The van der Waals surface area contributed by atoms with E-state index in [-0.39, 0.29) is 0 Å². The van der Waals surface area contributed by atoms with Gasteiger partial charge in [0, 0.05) is 6.42 Å². The molecule has 1 heteroatoms. The lowest BCUT2D eigenvalue weighted by molar-refractivity contribution is -0.114. The Bertz CT molecular complexity index is 199. The Labute approximate surface area is 61.4 Å². The highest BCUT2D eigenvalue weighted by molar-refractivity contribution is 5.98. The maximum atomic E-state index is 11.1. The molecule has 0 aliphatic heterocycles. The number of hydrogen-bond acceptors (Lipinski definition) is 1. The van der Waals surface area contributed by atoms with Crippen LogP contribution in [0, 0.1) is 0 Å². The lowest BCUT2D eigenvalue weighted by atomic mass is 10.1. The summed E-state index contributed by atoms with van der Waals surface area (Å²) in [5.74, 6) is 0.317. The van der Waals surface area contributed by atoms with E-state index in [0.717, 1.165) is 24.8 Å². The third kappa shape index (κ3) is 1.18. The standard InChI is InChI=1S/C9H12O/c1-3-4-8-7(2)5-6-9(8)10/h3H,1,4-6H2,2H3. The van der Waals surface area contributed by atoms with Crippen molar-refractivity contribution >= 4 is 5.78 Å². The summed E-state index contributed by atoms with van der Waals surface area (Å²) in [4.78, 5) is 11.1. The first-order valence-corrected chi connectivity index (χ1v) is 3.58. The zero-order valence-electron chi connectivity index (χ0n) is 6.31. The fourth-order valence-corrected chi connectivity index (χ4v) is 1.27. The molecule has 1 nitrogen and oxygen atoms in total. The summed E-state index contributed by atoms with van der Waals surface area (Å²) in [6, 6.07) is 0. The summed E-state index contributed by atoms with van der Waals surface area (Å²) < 4.78 is 0. The van der Waals surface area contributed by atoms with E-state index in [1.807, 2.05) is 6.92 Å². The van der Waals surface area contributed by atoms with Crippen molar-refractivity contribution in [3.8, 4) is 0 Å². The number of hydrogen-bond donors (Lipinski definition) is 0. The second-order valence-electron chi connectivity index (χ2n) is 2.67. The number of carbonyl (C=O) groups is 1. The van der Waals surface area contributed by atoms with Gasteiger partial charge in [0.15, 0.2) is 5.78 Å². The SMILES string of the molecule is C=CCC1=C(C)CCC1=O. The summed E-state index contributed by atoms with van der Waals surface area (Å²) in [7, 11) is 0. The Morgan fingerprint density at radius 1 is 1.60 bits per heavy atom. The number of rotatable bonds is 2. The first-order chi connectivity index (χ1) is 4.75. The van der Waals surface area contributed by atoms with Gasteiger partial charge in [-0.1, -0.05) is 11.6 Å². The zero-order chi connectivity index (χ0) is 7.56. The van der Waals surface area contributed by atoms with Crippen LogP contribution >= 0.6 is 0 Å². The maximum absolute atomic E-state index is 11.1. The van der Waals surface area contributed by atoms with Crippen LogP contribution in [0.25, 0.3) is 0 Å². The molecule has 0 aromatic rings. The molecular weight excluding hydrogens is 124 g/mol. The summed E-state index contributed by atoms with van der Waals surface area (Å²) in [6.07, 6.45) is 4.23. The van der Waals surface area contributed by atoms with Crippen LogP contribution in [-0.2, 0) is 4.79 Å². The largest absolute Gasteiger partial charge is 0.295 e. The van der Waals surface area contributed by atoms with Gasteiger partial charge < -0.3 is 0 Å². The van der Waals surface area contributed by atoms with Gasteiger partial charge in [0.1, 0.15) is 0 Å². The summed E-state index contributed by atoms with van der Waals surface area (Å²) in [6.45, 7) is 5.64. The van der Waals surface area contributed by atoms with Gasteiger partial charge in [-0.3, -0.25) is 4.79 Å². The topological polar surface area (TPSA) is 17.1 Å². The lowest BCUT2D eigenvalue weighted by Gasteiger charge is -1.94. The average molecular weight is 136 g/mol. The Balaban J connectivity index is 2.77. The molecule has 0 fully saturated rings. The maximum Gasteiger partial charge on any atom is 0.159 e. The summed E-state index contributed by atoms with van der Waals surface area (Å²) in [5, 5.41) is 0. The van der Waals surface area contributed by atoms with Gasteiger partial charge in [-0.25, -0.2) is 0 Å². The summed E-state index contributed by atoms with van der Waals surface area (Å²) in [5.41, 5.74) is 2.25. The van der Waals surface area contributed by atoms with Crippen LogP contribution < -0.4 is 0 Å². The van der Waals surface area contributed by atoms with Gasteiger partial charge >= 0.3 is 0 Å². The predicted molar refractivity (Wildman–Crippen MR) is 41.8 cm³/mol. The molecule has 0 heterocycles. The number of carbonyl (C=O) groups excluding carboxylic acids is 1. The molecule has 0 unspecified atom stereocenters. The van der Waals surface area contributed by atoms with E-state index in [2.05, 4.69) is 6.58 Å². The minimum absolute atomic E-state index is 0.317. The fourth-order valence-electron chi connectivity index (χ4n) is 1.27. The van der Waals surface area contributed by atoms with Crippen LogP contribution in [-0.4, -0.2) is 5.78 Å². The molecule has 0 saturated heterocycles. The van der Waals surface area contributed by atoms with E-state index in [0.29, 0.717) is 5.78 Å². The molecule has 0 amide bonds. The van der Waals surface area contributed by atoms with Crippen molar-refractivity contribution < 1.29 is 4.79 Å². The van der Waals surface area contributed by atoms with E-state index < -0.39 is 0 Å². The first-order valence-electron chi connectivity index (χ1n) is 3.58. The van der Waals surface area contributed by atoms with Crippen LogP contribution in [0.1, 0.15) is 26.2 Å². The molecule has 0 spiro atoms. The predicted octanol–water partition coefficient (Wildman–Crippen LogP) is 2.24. The van der Waals surface area contributed by atoms with Crippen LogP contribution in [0.3, 0.4) is 0 Å². The van der Waals surface area contributed by atoms with Crippen LogP contribution in [0.5, 0.6) is 0 Å². The van der Waals surface area contributed by atoms with Crippen molar-refractivity contribution in [2.24, 2.45) is 0 Å². The van der Waals surface area contributed by atoms with Gasteiger partial charge in [0.25, 0.3) is 0 Å². The third-order valence-corrected chi connectivity index (χ3v) is 1.93. The second kappa shape index (κ2) is 2.82. The molecule has 0 aromatic heterocycles.